The molecule has 0 bridgehead atoms. The molecule has 250 valence electrons. The highest BCUT2D eigenvalue weighted by atomic mass is 16.3. The average Bonchev–Trinajstić information content (AvgIpc) is 3.84. The van der Waals surface area contributed by atoms with Gasteiger partial charge in [0.05, 0.1) is 27.9 Å². The number of para-hydroxylation sites is 4. The Kier molecular flexibility index (Phi) is 5.56. The van der Waals surface area contributed by atoms with Crippen LogP contribution >= 0.6 is 0 Å². The van der Waals surface area contributed by atoms with Crippen LogP contribution in [0.15, 0.2) is 156 Å². The molecule has 7 aromatic carbocycles. The van der Waals surface area contributed by atoms with Crippen molar-refractivity contribution >= 4 is 94.9 Å². The zero-order valence-corrected chi connectivity index (χ0v) is 29.8. The van der Waals surface area contributed by atoms with E-state index in [-0.39, 0.29) is 12.1 Å². The van der Waals surface area contributed by atoms with Gasteiger partial charge in [0.2, 0.25) is 0 Å². The summed E-state index contributed by atoms with van der Waals surface area (Å²) in [6.45, 7) is 6.82. The van der Waals surface area contributed by atoms with Crippen LogP contribution < -0.4 is 21.5 Å². The van der Waals surface area contributed by atoms with E-state index < -0.39 is 0 Å². The number of furan rings is 1. The Balaban J connectivity index is 1.21. The Labute approximate surface area is 307 Å². The summed E-state index contributed by atoms with van der Waals surface area (Å²) >= 11 is 0. The molecule has 10 aromatic rings. The van der Waals surface area contributed by atoms with Crippen LogP contribution in [0.4, 0.5) is 17.1 Å². The first-order valence-corrected chi connectivity index (χ1v) is 18.6. The molecule has 53 heavy (non-hydrogen) atoms. The summed E-state index contributed by atoms with van der Waals surface area (Å²) < 4.78 is 12.0. The maximum Gasteiger partial charge on any atom is 0.297 e. The minimum Gasteiger partial charge on any atom is -0.468 e. The second-order valence-electron chi connectivity index (χ2n) is 15.7. The number of rotatable bonds is 2. The van der Waals surface area contributed by atoms with Gasteiger partial charge in [-0.05, 0) is 88.6 Å². The van der Waals surface area contributed by atoms with Gasteiger partial charge in [-0.2, -0.15) is 0 Å². The van der Waals surface area contributed by atoms with Gasteiger partial charge < -0.3 is 18.5 Å². The largest absolute Gasteiger partial charge is 0.468 e. The monoisotopic (exact) mass is 679 g/mol. The zero-order chi connectivity index (χ0) is 35.2. The third-order valence-corrected chi connectivity index (χ3v) is 11.8. The van der Waals surface area contributed by atoms with Crippen molar-refractivity contribution in [2.24, 2.45) is 0 Å². The number of anilines is 3. The van der Waals surface area contributed by atoms with E-state index in [1.165, 1.54) is 77.2 Å². The molecule has 2 aliphatic rings. The molecule has 0 radical (unpaired) electrons. The van der Waals surface area contributed by atoms with Gasteiger partial charge in [0.25, 0.3) is 6.71 Å². The van der Waals surface area contributed by atoms with Crippen molar-refractivity contribution in [3.8, 4) is 11.4 Å². The second-order valence-corrected chi connectivity index (χ2v) is 15.7. The van der Waals surface area contributed by atoms with E-state index in [1.54, 1.807) is 0 Å². The number of benzene rings is 7. The minimum atomic E-state index is -0.0479. The van der Waals surface area contributed by atoms with Gasteiger partial charge in [-0.15, -0.1) is 0 Å². The fourth-order valence-electron chi connectivity index (χ4n) is 9.52. The number of aromatic nitrogens is 2. The topological polar surface area (TPSA) is 26.2 Å². The molecular formula is C48H34BN3O. The van der Waals surface area contributed by atoms with Crippen molar-refractivity contribution in [1.29, 1.82) is 0 Å². The highest BCUT2D eigenvalue weighted by Gasteiger charge is 2.45. The molecule has 3 aromatic heterocycles. The Hall–Kier alpha value is -6.46. The summed E-state index contributed by atoms with van der Waals surface area (Å²) in [7, 11) is 0. The van der Waals surface area contributed by atoms with Gasteiger partial charge in [-0.1, -0.05) is 106 Å². The van der Waals surface area contributed by atoms with Crippen LogP contribution in [0.3, 0.4) is 0 Å². The van der Waals surface area contributed by atoms with Crippen molar-refractivity contribution in [2.45, 2.75) is 26.2 Å². The molecule has 4 nitrogen and oxygen atoms in total. The van der Waals surface area contributed by atoms with Crippen molar-refractivity contribution < 1.29 is 4.42 Å². The first kappa shape index (κ1) is 29.2. The van der Waals surface area contributed by atoms with Gasteiger partial charge in [-0.3, -0.25) is 0 Å². The molecular weight excluding hydrogens is 645 g/mol. The van der Waals surface area contributed by atoms with Crippen LogP contribution in [0.1, 0.15) is 26.3 Å². The van der Waals surface area contributed by atoms with Gasteiger partial charge in [0.15, 0.2) is 0 Å². The molecule has 0 fully saturated rings. The molecule has 5 heteroatoms. The molecule has 2 aliphatic heterocycles. The fourth-order valence-corrected chi connectivity index (χ4v) is 9.52. The SMILES string of the molecule is CC(C)(C)c1cccc(-n2c3ccccc3c3cc4c(cc32)c2cccc3c2n4-c2cccc4c2B3c2oc3ccccc3c2N4c2ccccc2)c1. The van der Waals surface area contributed by atoms with Crippen LogP contribution in [-0.4, -0.2) is 15.8 Å². The molecule has 12 rings (SSSR count). The number of hydrogen-bond acceptors (Lipinski definition) is 2. The van der Waals surface area contributed by atoms with Crippen LogP contribution in [0.2, 0.25) is 0 Å². The Morgan fingerprint density at radius 2 is 1.17 bits per heavy atom. The predicted molar refractivity (Wildman–Crippen MR) is 223 cm³/mol. The lowest BCUT2D eigenvalue weighted by Crippen LogP contribution is -2.59. The van der Waals surface area contributed by atoms with E-state index in [1.807, 2.05) is 0 Å². The standard InChI is InChI=1S/C48H34BN3O/c1-48(2,3)29-14-11-17-31(26-29)50-38-22-9-7-18-32(38)35-27-42-36(28-41(35)50)33-20-12-21-37-45(33)52(42)40-24-13-23-39-44(40)49(37)47-46(34-19-8-10-25-43(34)53-47)51(39)30-15-5-4-6-16-30/h4-28H,1-3H3. The second kappa shape index (κ2) is 10.1. The molecule has 0 aliphatic carbocycles. The lowest BCUT2D eigenvalue weighted by atomic mass is 9.36. The van der Waals surface area contributed by atoms with Crippen LogP contribution in [0.5, 0.6) is 0 Å². The van der Waals surface area contributed by atoms with E-state index in [4.69, 9.17) is 4.42 Å². The van der Waals surface area contributed by atoms with Crippen LogP contribution in [-0.2, 0) is 5.41 Å². The average molecular weight is 680 g/mol. The van der Waals surface area contributed by atoms with E-state index in [9.17, 15) is 0 Å². The molecule has 0 N–H and O–H groups in total. The maximum absolute atomic E-state index is 6.95. The van der Waals surface area contributed by atoms with Crippen molar-refractivity contribution in [3.05, 3.63) is 157 Å². The van der Waals surface area contributed by atoms with Crippen LogP contribution in [0.25, 0.3) is 66.0 Å². The highest BCUT2D eigenvalue weighted by Crippen LogP contribution is 2.45. The molecule has 0 atom stereocenters. The number of nitrogens with zero attached hydrogens (tertiary/aromatic N) is 3. The molecule has 5 heterocycles. The van der Waals surface area contributed by atoms with Crippen molar-refractivity contribution in [2.75, 3.05) is 4.90 Å². The Bertz CT molecular complexity index is 3180. The molecule has 0 saturated heterocycles. The van der Waals surface area contributed by atoms with Crippen molar-refractivity contribution in [1.82, 2.24) is 9.13 Å². The predicted octanol–water partition coefficient (Wildman–Crippen LogP) is 10.5. The quantitative estimate of drug-likeness (QED) is 0.170. The van der Waals surface area contributed by atoms with Gasteiger partial charge in [-0.25, -0.2) is 0 Å². The summed E-state index contributed by atoms with van der Waals surface area (Å²) in [6.07, 6.45) is 0. The third kappa shape index (κ3) is 3.76. The molecule has 0 spiro atoms. The number of fused-ring (bicyclic) bond motifs is 12. The van der Waals surface area contributed by atoms with E-state index in [2.05, 4.69) is 186 Å². The Morgan fingerprint density at radius 3 is 2.02 bits per heavy atom. The zero-order valence-electron chi connectivity index (χ0n) is 29.8. The lowest BCUT2D eigenvalue weighted by Gasteiger charge is -2.37. The minimum absolute atomic E-state index is 0.0450. The fraction of sp³-hybridized carbons (Fsp3) is 0.0833. The summed E-state index contributed by atoms with van der Waals surface area (Å²) in [5.74, 6) is 0. The normalized spacial score (nSPS) is 13.5. The summed E-state index contributed by atoms with van der Waals surface area (Å²) in [5, 5.41) is 6.17. The van der Waals surface area contributed by atoms with Gasteiger partial charge in [0.1, 0.15) is 5.58 Å². The van der Waals surface area contributed by atoms with Crippen LogP contribution in [0, 0.1) is 0 Å². The van der Waals surface area contributed by atoms with E-state index in [0.717, 1.165) is 28.0 Å². The smallest absolute Gasteiger partial charge is 0.297 e. The van der Waals surface area contributed by atoms with E-state index in [0.29, 0.717) is 0 Å². The van der Waals surface area contributed by atoms with Crippen molar-refractivity contribution in [3.63, 3.8) is 0 Å². The molecule has 0 saturated carbocycles. The first-order valence-electron chi connectivity index (χ1n) is 18.6. The van der Waals surface area contributed by atoms with E-state index >= 15 is 0 Å². The lowest BCUT2D eigenvalue weighted by molar-refractivity contribution is 0.590. The highest BCUT2D eigenvalue weighted by molar-refractivity contribution is 7.00. The summed E-state index contributed by atoms with van der Waals surface area (Å²) in [6, 6.07) is 55.8. The maximum atomic E-state index is 6.95. The number of hydrogen-bond donors (Lipinski definition) is 0. The van der Waals surface area contributed by atoms with Gasteiger partial charge in [0, 0.05) is 55.2 Å². The molecule has 0 unspecified atom stereocenters. The first-order chi connectivity index (χ1) is 26.0. The molecule has 0 amide bonds. The third-order valence-electron chi connectivity index (χ3n) is 11.8. The summed E-state index contributed by atoms with van der Waals surface area (Å²) in [5.41, 5.74) is 16.6. The Morgan fingerprint density at radius 1 is 0.509 bits per heavy atom. The summed E-state index contributed by atoms with van der Waals surface area (Å²) in [4.78, 5) is 2.42. The van der Waals surface area contributed by atoms with Gasteiger partial charge >= 0.3 is 0 Å².